The summed E-state index contributed by atoms with van der Waals surface area (Å²) in [7, 11) is 0. The van der Waals surface area contributed by atoms with E-state index >= 15 is 0 Å². The number of aryl methyl sites for hydroxylation is 1. The largest absolute Gasteiger partial charge is 0.369 e. The van der Waals surface area contributed by atoms with Gasteiger partial charge in [-0.1, -0.05) is 30.8 Å². The Labute approximate surface area is 166 Å². The summed E-state index contributed by atoms with van der Waals surface area (Å²) in [4.78, 5) is 31.2. The lowest BCUT2D eigenvalue weighted by atomic mass is 9.92. The molecule has 1 aromatic carbocycles. The first kappa shape index (κ1) is 19.1. The van der Waals surface area contributed by atoms with Gasteiger partial charge in [0, 0.05) is 12.3 Å². The summed E-state index contributed by atoms with van der Waals surface area (Å²) in [5.41, 5.74) is 6.32. The van der Waals surface area contributed by atoms with Crippen LogP contribution in [0.4, 0.5) is 4.39 Å². The Bertz CT molecular complexity index is 892. The van der Waals surface area contributed by atoms with Crippen LogP contribution in [-0.4, -0.2) is 49.8 Å². The number of carbonyl (C=O) groups is 2. The Hall–Kier alpha value is -2.26. The van der Waals surface area contributed by atoms with Crippen molar-refractivity contribution < 1.29 is 14.0 Å². The minimum Gasteiger partial charge on any atom is -0.369 e. The molecule has 0 spiro atoms. The molecule has 0 bridgehead atoms. The first-order chi connectivity index (χ1) is 13.5. The number of carbonyl (C=O) groups excluding carboxylic acids is 2. The minimum absolute atomic E-state index is 0.112. The summed E-state index contributed by atoms with van der Waals surface area (Å²) < 4.78 is 14.9. The molecule has 3 heterocycles. The third-order valence-electron chi connectivity index (χ3n) is 5.45. The predicted molar refractivity (Wildman–Crippen MR) is 102 cm³/mol. The number of thioether (sulfide) groups is 1. The van der Waals surface area contributed by atoms with Crippen LogP contribution in [0.25, 0.3) is 0 Å². The molecule has 2 atom stereocenters. The van der Waals surface area contributed by atoms with Crippen LogP contribution in [0.3, 0.4) is 0 Å². The van der Waals surface area contributed by atoms with Gasteiger partial charge in [-0.3, -0.25) is 14.5 Å². The molecule has 1 aromatic heterocycles. The third-order valence-corrected chi connectivity index (χ3v) is 6.63. The lowest BCUT2D eigenvalue weighted by molar-refractivity contribution is -0.123. The standard InChI is InChI=1S/C19H22FN5O2S/c1-2-14-22-19-25(23-14)18(27)16(28-19)15(11-3-5-13(20)6-4-11)24-9-7-12(8-10-24)17(21)26/h3-6,12,15-16H,2,7-10H2,1H3,(H2,21,26). The Kier molecular flexibility index (Phi) is 5.20. The second kappa shape index (κ2) is 7.63. The van der Waals surface area contributed by atoms with Crippen LogP contribution in [0.15, 0.2) is 29.4 Å². The van der Waals surface area contributed by atoms with Crippen LogP contribution in [0.1, 0.15) is 42.0 Å². The first-order valence-corrected chi connectivity index (χ1v) is 10.3. The van der Waals surface area contributed by atoms with E-state index in [4.69, 9.17) is 5.73 Å². The van der Waals surface area contributed by atoms with Gasteiger partial charge >= 0.3 is 0 Å². The van der Waals surface area contributed by atoms with Crippen LogP contribution in [0.2, 0.25) is 0 Å². The Morgan fingerprint density at radius 1 is 1.32 bits per heavy atom. The number of hydrogen-bond acceptors (Lipinski definition) is 6. The van der Waals surface area contributed by atoms with E-state index in [9.17, 15) is 14.0 Å². The van der Waals surface area contributed by atoms with E-state index in [0.717, 1.165) is 5.56 Å². The van der Waals surface area contributed by atoms with E-state index in [-0.39, 0.29) is 29.6 Å². The van der Waals surface area contributed by atoms with Gasteiger partial charge in [-0.2, -0.15) is 4.68 Å². The molecule has 2 unspecified atom stereocenters. The number of rotatable bonds is 5. The Balaban J connectivity index is 1.63. The third kappa shape index (κ3) is 3.44. The molecular formula is C19H22FN5O2S. The summed E-state index contributed by atoms with van der Waals surface area (Å²) in [6.07, 6.45) is 1.98. The van der Waals surface area contributed by atoms with Crippen molar-refractivity contribution in [1.29, 1.82) is 0 Å². The van der Waals surface area contributed by atoms with E-state index < -0.39 is 5.25 Å². The summed E-state index contributed by atoms with van der Waals surface area (Å²) in [5.74, 6) is -0.196. The van der Waals surface area contributed by atoms with Gasteiger partial charge in [0.25, 0.3) is 5.91 Å². The predicted octanol–water partition coefficient (Wildman–Crippen LogP) is 2.03. The number of nitrogens with zero attached hydrogens (tertiary/aromatic N) is 4. The Morgan fingerprint density at radius 2 is 2.00 bits per heavy atom. The normalized spacial score (nSPS) is 21.6. The maximum Gasteiger partial charge on any atom is 0.264 e. The van der Waals surface area contributed by atoms with Crippen molar-refractivity contribution in [1.82, 2.24) is 19.7 Å². The van der Waals surface area contributed by atoms with Gasteiger partial charge in [0.15, 0.2) is 11.0 Å². The zero-order chi connectivity index (χ0) is 19.8. The number of fused-ring (bicyclic) bond motifs is 1. The second-order valence-electron chi connectivity index (χ2n) is 7.16. The second-order valence-corrected chi connectivity index (χ2v) is 8.27. The SMILES string of the molecule is CCc1nc2n(n1)C(=O)C(C(c1ccc(F)cc1)N1CCC(C(N)=O)CC1)S2. The van der Waals surface area contributed by atoms with Crippen molar-refractivity contribution >= 4 is 23.6 Å². The average Bonchev–Trinajstić information content (AvgIpc) is 3.23. The minimum atomic E-state index is -0.420. The van der Waals surface area contributed by atoms with E-state index in [1.165, 1.54) is 28.6 Å². The molecule has 28 heavy (non-hydrogen) atoms. The number of amides is 1. The van der Waals surface area contributed by atoms with E-state index in [0.29, 0.717) is 43.3 Å². The highest BCUT2D eigenvalue weighted by molar-refractivity contribution is 8.00. The fourth-order valence-electron chi connectivity index (χ4n) is 3.89. The van der Waals surface area contributed by atoms with Gasteiger partial charge < -0.3 is 5.73 Å². The highest BCUT2D eigenvalue weighted by Gasteiger charge is 2.43. The molecule has 1 saturated heterocycles. The lowest BCUT2D eigenvalue weighted by Gasteiger charge is -2.38. The smallest absolute Gasteiger partial charge is 0.264 e. The van der Waals surface area contributed by atoms with E-state index in [1.54, 1.807) is 12.1 Å². The zero-order valence-corrected chi connectivity index (χ0v) is 16.4. The van der Waals surface area contributed by atoms with E-state index in [1.807, 2.05) is 6.92 Å². The van der Waals surface area contributed by atoms with E-state index in [2.05, 4.69) is 15.0 Å². The number of likely N-dealkylation sites (tertiary alicyclic amines) is 1. The summed E-state index contributed by atoms with van der Waals surface area (Å²) in [6.45, 7) is 3.24. The molecule has 148 valence electrons. The molecule has 2 aliphatic heterocycles. The fourth-order valence-corrected chi connectivity index (χ4v) is 5.17. The molecule has 2 N–H and O–H groups in total. The molecule has 0 aliphatic carbocycles. The van der Waals surface area contributed by atoms with Gasteiger partial charge in [0.1, 0.15) is 11.1 Å². The van der Waals surface area contributed by atoms with Crippen LogP contribution in [-0.2, 0) is 11.2 Å². The number of nitrogens with two attached hydrogens (primary N) is 1. The molecule has 4 rings (SSSR count). The highest BCUT2D eigenvalue weighted by atomic mass is 32.2. The van der Waals surface area contributed by atoms with Gasteiger partial charge in [0.2, 0.25) is 5.91 Å². The average molecular weight is 403 g/mol. The van der Waals surface area contributed by atoms with Gasteiger partial charge in [-0.15, -0.1) is 5.10 Å². The molecule has 0 radical (unpaired) electrons. The van der Waals surface area contributed by atoms with Gasteiger partial charge in [-0.05, 0) is 43.6 Å². The monoisotopic (exact) mass is 403 g/mol. The fraction of sp³-hybridized carbons (Fsp3) is 0.474. The Morgan fingerprint density at radius 3 is 2.57 bits per heavy atom. The molecular weight excluding hydrogens is 381 g/mol. The molecule has 0 saturated carbocycles. The van der Waals surface area contributed by atoms with Crippen LogP contribution in [0, 0.1) is 11.7 Å². The molecule has 1 amide bonds. The first-order valence-electron chi connectivity index (χ1n) is 9.43. The maximum absolute atomic E-state index is 13.5. The number of benzene rings is 1. The van der Waals surface area contributed by atoms with Crippen molar-refractivity contribution in [2.45, 2.75) is 42.6 Å². The van der Waals surface area contributed by atoms with Gasteiger partial charge in [-0.25, -0.2) is 9.37 Å². The molecule has 1 fully saturated rings. The quantitative estimate of drug-likeness (QED) is 0.821. The lowest BCUT2D eigenvalue weighted by Crippen LogP contribution is -2.45. The molecule has 7 nitrogen and oxygen atoms in total. The maximum atomic E-state index is 13.5. The number of aromatic nitrogens is 3. The number of piperidine rings is 1. The number of primary amides is 1. The van der Waals surface area contributed by atoms with Crippen molar-refractivity contribution in [2.75, 3.05) is 13.1 Å². The summed E-state index contributed by atoms with van der Waals surface area (Å²) >= 11 is 1.40. The van der Waals surface area contributed by atoms with Crippen molar-refractivity contribution in [3.63, 3.8) is 0 Å². The van der Waals surface area contributed by atoms with Gasteiger partial charge in [0.05, 0.1) is 6.04 Å². The summed E-state index contributed by atoms with van der Waals surface area (Å²) in [5, 5.41) is 4.49. The van der Waals surface area contributed by atoms with Crippen molar-refractivity contribution in [3.05, 3.63) is 41.5 Å². The van der Waals surface area contributed by atoms with Crippen LogP contribution in [0.5, 0.6) is 0 Å². The highest BCUT2D eigenvalue weighted by Crippen LogP contribution is 2.42. The van der Waals surface area contributed by atoms with Crippen LogP contribution >= 0.6 is 11.8 Å². The molecule has 2 aromatic rings. The topological polar surface area (TPSA) is 94.1 Å². The number of halogens is 1. The number of hydrogen-bond donors (Lipinski definition) is 1. The molecule has 2 aliphatic rings. The van der Waals surface area contributed by atoms with Crippen molar-refractivity contribution in [2.24, 2.45) is 11.7 Å². The van der Waals surface area contributed by atoms with Crippen molar-refractivity contribution in [3.8, 4) is 0 Å². The van der Waals surface area contributed by atoms with Crippen LogP contribution < -0.4 is 5.73 Å². The summed E-state index contributed by atoms with van der Waals surface area (Å²) in [6, 6.07) is 6.02. The zero-order valence-electron chi connectivity index (χ0n) is 15.5. The molecule has 9 heteroatoms.